The summed E-state index contributed by atoms with van der Waals surface area (Å²) in [5.41, 5.74) is -0.0949. The van der Waals surface area contributed by atoms with Gasteiger partial charge in [0, 0.05) is 5.56 Å². The van der Waals surface area contributed by atoms with Gasteiger partial charge < -0.3 is 5.11 Å². The third-order valence-electron chi connectivity index (χ3n) is 1.17. The number of halogens is 3. The van der Waals surface area contributed by atoms with Crippen molar-refractivity contribution >= 4 is 11.3 Å². The quantitative estimate of drug-likeness (QED) is 0.706. The largest absolute Gasteiger partial charge is 0.418 e. The molecule has 0 aliphatic heterocycles. The molecule has 0 aromatic carbocycles. The second kappa shape index (κ2) is 2.83. The highest BCUT2D eigenvalue weighted by atomic mass is 32.1. The zero-order valence-electron chi connectivity index (χ0n) is 5.30. The third kappa shape index (κ3) is 1.94. The first kappa shape index (κ1) is 8.55. The van der Waals surface area contributed by atoms with Gasteiger partial charge in [-0.2, -0.15) is 24.5 Å². The predicted molar refractivity (Wildman–Crippen MR) is 35.3 cm³/mol. The molecule has 0 unspecified atom stereocenters. The number of hydrogen-bond acceptors (Lipinski definition) is 2. The van der Waals surface area contributed by atoms with Crippen molar-refractivity contribution in [3.63, 3.8) is 0 Å². The Morgan fingerprint density at radius 2 is 2.09 bits per heavy atom. The van der Waals surface area contributed by atoms with E-state index in [0.29, 0.717) is 0 Å². The van der Waals surface area contributed by atoms with Gasteiger partial charge in [0.15, 0.2) is 6.10 Å². The van der Waals surface area contributed by atoms with E-state index in [1.165, 1.54) is 16.8 Å². The number of aliphatic hydroxyl groups excluding tert-OH is 1. The SMILES string of the molecule is O[C@H](c1ccsc1)C(F)(F)F. The topological polar surface area (TPSA) is 20.2 Å². The maximum Gasteiger partial charge on any atom is 0.418 e. The van der Waals surface area contributed by atoms with Crippen molar-refractivity contribution in [3.8, 4) is 0 Å². The molecule has 5 heteroatoms. The highest BCUT2D eigenvalue weighted by molar-refractivity contribution is 7.07. The average Bonchev–Trinajstić information content (AvgIpc) is 2.34. The molecule has 0 radical (unpaired) electrons. The fourth-order valence-electron chi connectivity index (χ4n) is 0.620. The number of rotatable bonds is 1. The highest BCUT2D eigenvalue weighted by Crippen LogP contribution is 2.32. The Balaban J connectivity index is 2.78. The van der Waals surface area contributed by atoms with E-state index in [0.717, 1.165) is 11.3 Å². The predicted octanol–water partition coefficient (Wildman–Crippen LogP) is 2.34. The van der Waals surface area contributed by atoms with E-state index in [1.807, 2.05) is 0 Å². The Morgan fingerprint density at radius 1 is 1.45 bits per heavy atom. The van der Waals surface area contributed by atoms with Crippen LogP contribution >= 0.6 is 11.3 Å². The highest BCUT2D eigenvalue weighted by Gasteiger charge is 2.39. The lowest BCUT2D eigenvalue weighted by atomic mass is 10.2. The van der Waals surface area contributed by atoms with Crippen LogP contribution in [0.4, 0.5) is 13.2 Å². The standard InChI is InChI=1S/C6H5F3OS/c7-6(8,9)5(10)4-1-2-11-3-4/h1-3,5,10H/t5-/m1/s1. The molecule has 0 bridgehead atoms. The first-order valence-electron chi connectivity index (χ1n) is 2.78. The summed E-state index contributed by atoms with van der Waals surface area (Å²) in [7, 11) is 0. The summed E-state index contributed by atoms with van der Waals surface area (Å²) in [5.74, 6) is 0. The summed E-state index contributed by atoms with van der Waals surface area (Å²) in [4.78, 5) is 0. The molecular formula is C6H5F3OS. The summed E-state index contributed by atoms with van der Waals surface area (Å²) in [6, 6.07) is 1.25. The van der Waals surface area contributed by atoms with Crippen molar-refractivity contribution in [1.82, 2.24) is 0 Å². The number of hydrogen-bond donors (Lipinski definition) is 1. The van der Waals surface area contributed by atoms with E-state index < -0.39 is 12.3 Å². The van der Waals surface area contributed by atoms with Gasteiger partial charge in [-0.1, -0.05) is 0 Å². The van der Waals surface area contributed by atoms with Crippen LogP contribution in [0.3, 0.4) is 0 Å². The van der Waals surface area contributed by atoms with Crippen LogP contribution in [0.25, 0.3) is 0 Å². The summed E-state index contributed by atoms with van der Waals surface area (Å²) in [6.07, 6.45) is -6.89. The minimum absolute atomic E-state index is 0.0949. The molecule has 0 spiro atoms. The zero-order valence-corrected chi connectivity index (χ0v) is 6.12. The molecular weight excluding hydrogens is 177 g/mol. The summed E-state index contributed by atoms with van der Waals surface area (Å²) < 4.78 is 35.3. The maximum absolute atomic E-state index is 11.8. The second-order valence-electron chi connectivity index (χ2n) is 2.00. The molecule has 1 heterocycles. The number of thiophene rings is 1. The van der Waals surface area contributed by atoms with Gasteiger partial charge >= 0.3 is 6.18 Å². The number of aliphatic hydroxyl groups is 1. The minimum Gasteiger partial charge on any atom is -0.379 e. The van der Waals surface area contributed by atoms with E-state index in [9.17, 15) is 13.2 Å². The summed E-state index contributed by atoms with van der Waals surface area (Å²) in [5, 5.41) is 11.4. The fourth-order valence-corrected chi connectivity index (χ4v) is 1.30. The molecule has 0 aliphatic carbocycles. The Labute approximate surface area is 65.1 Å². The first-order chi connectivity index (χ1) is 5.02. The summed E-state index contributed by atoms with van der Waals surface area (Å²) in [6.45, 7) is 0. The van der Waals surface area contributed by atoms with Crippen LogP contribution in [-0.2, 0) is 0 Å². The van der Waals surface area contributed by atoms with E-state index in [1.54, 1.807) is 0 Å². The van der Waals surface area contributed by atoms with Gasteiger partial charge in [0.2, 0.25) is 0 Å². The van der Waals surface area contributed by atoms with Gasteiger partial charge in [-0.15, -0.1) is 0 Å². The average molecular weight is 182 g/mol. The molecule has 0 aliphatic rings. The lowest BCUT2D eigenvalue weighted by molar-refractivity contribution is -0.206. The molecule has 0 saturated carbocycles. The van der Waals surface area contributed by atoms with Crippen molar-refractivity contribution < 1.29 is 18.3 Å². The molecule has 0 saturated heterocycles. The van der Waals surface area contributed by atoms with E-state index in [-0.39, 0.29) is 5.56 Å². The fraction of sp³-hybridized carbons (Fsp3) is 0.333. The summed E-state index contributed by atoms with van der Waals surface area (Å²) >= 11 is 1.12. The Morgan fingerprint density at radius 3 is 2.45 bits per heavy atom. The van der Waals surface area contributed by atoms with Crippen LogP contribution in [0.5, 0.6) is 0 Å². The Bertz CT molecular complexity index is 216. The van der Waals surface area contributed by atoms with Gasteiger partial charge in [-0.05, 0) is 16.8 Å². The van der Waals surface area contributed by atoms with Gasteiger partial charge in [-0.25, -0.2) is 0 Å². The van der Waals surface area contributed by atoms with Crippen LogP contribution in [0.2, 0.25) is 0 Å². The minimum atomic E-state index is -4.55. The van der Waals surface area contributed by atoms with Crippen LogP contribution in [0, 0.1) is 0 Å². The van der Waals surface area contributed by atoms with Crippen LogP contribution < -0.4 is 0 Å². The normalized spacial score (nSPS) is 14.9. The molecule has 1 rings (SSSR count). The molecule has 0 fully saturated rings. The van der Waals surface area contributed by atoms with Crippen molar-refractivity contribution in [1.29, 1.82) is 0 Å². The Hall–Kier alpha value is -0.550. The number of alkyl halides is 3. The first-order valence-corrected chi connectivity index (χ1v) is 3.73. The molecule has 1 nitrogen and oxygen atoms in total. The Kier molecular flexibility index (Phi) is 2.20. The van der Waals surface area contributed by atoms with Gasteiger partial charge in [0.05, 0.1) is 0 Å². The monoisotopic (exact) mass is 182 g/mol. The van der Waals surface area contributed by atoms with Gasteiger partial charge in [-0.3, -0.25) is 0 Å². The molecule has 0 amide bonds. The second-order valence-corrected chi connectivity index (χ2v) is 2.78. The molecule has 1 aromatic heterocycles. The van der Waals surface area contributed by atoms with Crippen LogP contribution in [0.1, 0.15) is 11.7 Å². The molecule has 1 atom stereocenters. The third-order valence-corrected chi connectivity index (χ3v) is 1.87. The lowest BCUT2D eigenvalue weighted by Crippen LogP contribution is -2.19. The maximum atomic E-state index is 11.8. The van der Waals surface area contributed by atoms with Crippen molar-refractivity contribution in [2.45, 2.75) is 12.3 Å². The van der Waals surface area contributed by atoms with Crippen molar-refractivity contribution in [2.75, 3.05) is 0 Å². The lowest BCUT2D eigenvalue weighted by Gasteiger charge is -2.12. The molecule has 1 N–H and O–H groups in total. The molecule has 1 aromatic rings. The smallest absolute Gasteiger partial charge is 0.379 e. The van der Waals surface area contributed by atoms with Gasteiger partial charge in [0.1, 0.15) is 0 Å². The van der Waals surface area contributed by atoms with Crippen LogP contribution in [0.15, 0.2) is 16.8 Å². The van der Waals surface area contributed by atoms with Crippen molar-refractivity contribution in [3.05, 3.63) is 22.4 Å². The molecule has 62 valence electrons. The van der Waals surface area contributed by atoms with E-state index >= 15 is 0 Å². The van der Waals surface area contributed by atoms with E-state index in [4.69, 9.17) is 5.11 Å². The van der Waals surface area contributed by atoms with Crippen molar-refractivity contribution in [2.24, 2.45) is 0 Å². The van der Waals surface area contributed by atoms with E-state index in [2.05, 4.69) is 0 Å². The van der Waals surface area contributed by atoms with Gasteiger partial charge in [0.25, 0.3) is 0 Å². The van der Waals surface area contributed by atoms with Crippen LogP contribution in [-0.4, -0.2) is 11.3 Å². The molecule has 11 heavy (non-hydrogen) atoms. The zero-order chi connectivity index (χ0) is 8.48.